The lowest BCUT2D eigenvalue weighted by atomic mass is 9.97. The number of rotatable bonds is 2. The third kappa shape index (κ3) is 3.03. The average Bonchev–Trinajstić information content (AvgIpc) is 2.95. The van der Waals surface area contributed by atoms with E-state index in [9.17, 15) is 4.79 Å². The smallest absolute Gasteiger partial charge is 0.242 e. The predicted octanol–water partition coefficient (Wildman–Crippen LogP) is 2.31. The van der Waals surface area contributed by atoms with E-state index in [0.717, 1.165) is 31.5 Å². The van der Waals surface area contributed by atoms with Gasteiger partial charge in [-0.2, -0.15) is 0 Å². The molecule has 0 radical (unpaired) electrons. The number of nitrogens with zero attached hydrogens (tertiary/aromatic N) is 3. The maximum atomic E-state index is 12.6. The second-order valence-corrected chi connectivity index (χ2v) is 6.95. The third-order valence-electron chi connectivity index (χ3n) is 4.58. The number of amides is 1. The maximum Gasteiger partial charge on any atom is 0.242 e. The third-order valence-corrected chi connectivity index (χ3v) is 5.06. The lowest BCUT2D eigenvalue weighted by Crippen LogP contribution is -2.58. The highest BCUT2D eigenvalue weighted by Crippen LogP contribution is 2.30. The monoisotopic (exact) mass is 342 g/mol. The minimum Gasteiger partial charge on any atom is -0.352 e. The Balaban J connectivity index is 1.64. The summed E-state index contributed by atoms with van der Waals surface area (Å²) in [5, 5.41) is 1.06. The van der Waals surface area contributed by atoms with Crippen LogP contribution in [0.2, 0.25) is 10.0 Å². The van der Waals surface area contributed by atoms with Crippen LogP contribution < -0.4 is 10.6 Å². The Morgan fingerprint density at radius 1 is 1.18 bits per heavy atom. The first-order valence-electron chi connectivity index (χ1n) is 7.64. The van der Waals surface area contributed by atoms with Crippen LogP contribution in [0, 0.1) is 0 Å². The molecule has 1 aromatic rings. The average molecular weight is 343 g/mol. The zero-order chi connectivity index (χ0) is 15.7. The van der Waals surface area contributed by atoms with E-state index in [0.29, 0.717) is 36.2 Å². The van der Waals surface area contributed by atoms with Crippen molar-refractivity contribution in [1.82, 2.24) is 9.88 Å². The number of pyridine rings is 1. The molecule has 1 aliphatic heterocycles. The van der Waals surface area contributed by atoms with Gasteiger partial charge in [-0.15, -0.1) is 0 Å². The first-order valence-corrected chi connectivity index (χ1v) is 8.39. The Hall–Kier alpha value is -1.04. The molecule has 1 aromatic heterocycles. The van der Waals surface area contributed by atoms with Crippen molar-refractivity contribution in [3.63, 3.8) is 0 Å². The van der Waals surface area contributed by atoms with Crippen molar-refractivity contribution in [3.05, 3.63) is 22.3 Å². The van der Waals surface area contributed by atoms with Crippen molar-refractivity contribution in [2.45, 2.75) is 31.2 Å². The summed E-state index contributed by atoms with van der Waals surface area (Å²) in [6.45, 7) is 2.71. The number of carbonyl (C=O) groups excluding carboxylic acids is 1. The molecule has 3 rings (SSSR count). The zero-order valence-corrected chi connectivity index (χ0v) is 13.9. The van der Waals surface area contributed by atoms with Crippen LogP contribution in [0.4, 0.5) is 5.82 Å². The van der Waals surface area contributed by atoms with Crippen LogP contribution in [0.3, 0.4) is 0 Å². The van der Waals surface area contributed by atoms with E-state index in [1.807, 2.05) is 4.90 Å². The Morgan fingerprint density at radius 3 is 2.41 bits per heavy atom. The van der Waals surface area contributed by atoms with Gasteiger partial charge in [-0.05, 0) is 18.9 Å². The molecule has 2 fully saturated rings. The molecule has 1 aliphatic carbocycles. The minimum atomic E-state index is -0.641. The number of halogens is 2. The summed E-state index contributed by atoms with van der Waals surface area (Å²) >= 11 is 12.1. The van der Waals surface area contributed by atoms with Gasteiger partial charge in [-0.1, -0.05) is 36.0 Å². The van der Waals surface area contributed by atoms with E-state index < -0.39 is 5.54 Å². The van der Waals surface area contributed by atoms with E-state index in [-0.39, 0.29) is 5.91 Å². The predicted molar refractivity (Wildman–Crippen MR) is 88.4 cm³/mol. The Morgan fingerprint density at radius 2 is 1.82 bits per heavy atom. The van der Waals surface area contributed by atoms with E-state index in [4.69, 9.17) is 28.9 Å². The lowest BCUT2D eigenvalue weighted by molar-refractivity contribution is -0.137. The molecule has 2 N–H and O–H groups in total. The molecule has 7 heteroatoms. The molecule has 0 unspecified atom stereocenters. The van der Waals surface area contributed by atoms with Gasteiger partial charge in [-0.3, -0.25) is 4.79 Å². The highest BCUT2D eigenvalue weighted by molar-refractivity contribution is 6.36. The number of hydrogen-bond acceptors (Lipinski definition) is 4. The standard InChI is InChI=1S/C15H20Cl2N4O/c16-11-9-12(17)13(19-10-11)20-5-7-21(8-6-20)14(22)15(18)3-1-2-4-15/h9-10H,1-8,18H2. The Bertz CT molecular complexity index is 567. The molecule has 1 amide bonds. The van der Waals surface area contributed by atoms with Gasteiger partial charge in [0.25, 0.3) is 0 Å². The number of anilines is 1. The van der Waals surface area contributed by atoms with Gasteiger partial charge < -0.3 is 15.5 Å². The molecule has 0 aromatic carbocycles. The number of carbonyl (C=O) groups is 1. The summed E-state index contributed by atoms with van der Waals surface area (Å²) in [5.74, 6) is 0.821. The molecule has 1 saturated carbocycles. The summed E-state index contributed by atoms with van der Waals surface area (Å²) in [6.07, 6.45) is 5.29. The van der Waals surface area contributed by atoms with Crippen molar-refractivity contribution in [3.8, 4) is 0 Å². The fraction of sp³-hybridized carbons (Fsp3) is 0.600. The second kappa shape index (κ2) is 6.22. The fourth-order valence-electron chi connectivity index (χ4n) is 3.30. The fourth-order valence-corrected chi connectivity index (χ4v) is 3.80. The van der Waals surface area contributed by atoms with Crippen LogP contribution >= 0.6 is 23.2 Å². The Labute approximate surface area is 140 Å². The zero-order valence-electron chi connectivity index (χ0n) is 12.4. The van der Waals surface area contributed by atoms with Crippen molar-refractivity contribution in [2.75, 3.05) is 31.1 Å². The number of nitrogens with two attached hydrogens (primary N) is 1. The molecule has 0 bridgehead atoms. The van der Waals surface area contributed by atoms with E-state index in [1.165, 1.54) is 0 Å². The van der Waals surface area contributed by atoms with Gasteiger partial charge >= 0.3 is 0 Å². The van der Waals surface area contributed by atoms with Crippen LogP contribution in [0.25, 0.3) is 0 Å². The molecule has 1 saturated heterocycles. The van der Waals surface area contributed by atoms with Crippen LogP contribution in [0.5, 0.6) is 0 Å². The van der Waals surface area contributed by atoms with Crippen LogP contribution in [0.1, 0.15) is 25.7 Å². The normalized spacial score (nSPS) is 21.2. The van der Waals surface area contributed by atoms with Gasteiger partial charge in [0.1, 0.15) is 5.82 Å². The Kier molecular flexibility index (Phi) is 4.48. The second-order valence-electron chi connectivity index (χ2n) is 6.10. The summed E-state index contributed by atoms with van der Waals surface area (Å²) in [6, 6.07) is 1.69. The van der Waals surface area contributed by atoms with Crippen LogP contribution in [-0.4, -0.2) is 47.5 Å². The highest BCUT2D eigenvalue weighted by Gasteiger charge is 2.40. The largest absolute Gasteiger partial charge is 0.352 e. The van der Waals surface area contributed by atoms with Crippen molar-refractivity contribution >= 4 is 34.9 Å². The molecule has 120 valence electrons. The van der Waals surface area contributed by atoms with E-state index in [1.54, 1.807) is 12.3 Å². The number of piperazine rings is 1. The number of aromatic nitrogens is 1. The van der Waals surface area contributed by atoms with Crippen molar-refractivity contribution in [2.24, 2.45) is 5.73 Å². The molecular weight excluding hydrogens is 323 g/mol. The van der Waals surface area contributed by atoms with E-state index in [2.05, 4.69) is 9.88 Å². The minimum absolute atomic E-state index is 0.0970. The van der Waals surface area contributed by atoms with Crippen molar-refractivity contribution in [1.29, 1.82) is 0 Å². The molecule has 5 nitrogen and oxygen atoms in total. The molecule has 0 spiro atoms. The first-order chi connectivity index (χ1) is 10.5. The topological polar surface area (TPSA) is 62.5 Å². The molecule has 2 aliphatic rings. The summed E-state index contributed by atoms with van der Waals surface area (Å²) in [4.78, 5) is 20.9. The SMILES string of the molecule is NC1(C(=O)N2CCN(c3ncc(Cl)cc3Cl)CC2)CCCC1. The lowest BCUT2D eigenvalue weighted by Gasteiger charge is -2.39. The first kappa shape index (κ1) is 15.8. The van der Waals surface area contributed by atoms with Crippen LogP contribution in [0.15, 0.2) is 12.3 Å². The van der Waals surface area contributed by atoms with Gasteiger partial charge in [0.15, 0.2) is 0 Å². The van der Waals surface area contributed by atoms with Gasteiger partial charge in [0, 0.05) is 32.4 Å². The maximum absolute atomic E-state index is 12.6. The van der Waals surface area contributed by atoms with Crippen molar-refractivity contribution < 1.29 is 4.79 Å². The van der Waals surface area contributed by atoms with Gasteiger partial charge in [-0.25, -0.2) is 4.98 Å². The number of hydrogen-bond donors (Lipinski definition) is 1. The van der Waals surface area contributed by atoms with Crippen LogP contribution in [-0.2, 0) is 4.79 Å². The van der Waals surface area contributed by atoms with Gasteiger partial charge in [0.05, 0.1) is 15.6 Å². The highest BCUT2D eigenvalue weighted by atomic mass is 35.5. The molecular formula is C15H20Cl2N4O. The van der Waals surface area contributed by atoms with Gasteiger partial charge in [0.2, 0.25) is 5.91 Å². The quantitative estimate of drug-likeness (QED) is 0.895. The molecule has 22 heavy (non-hydrogen) atoms. The summed E-state index contributed by atoms with van der Waals surface area (Å²) < 4.78 is 0. The molecule has 2 heterocycles. The molecule has 0 atom stereocenters. The summed E-state index contributed by atoms with van der Waals surface area (Å²) in [5.41, 5.74) is 5.63. The summed E-state index contributed by atoms with van der Waals surface area (Å²) in [7, 11) is 0. The van der Waals surface area contributed by atoms with E-state index >= 15 is 0 Å².